The van der Waals surface area contributed by atoms with Crippen molar-refractivity contribution in [1.82, 2.24) is 52.6 Å². The Labute approximate surface area is 516 Å². The number of alkyl halides is 3. The molecule has 0 aliphatic heterocycles. The standard InChI is InChI=1S/C59H75N11O13.C2HF3O2/c1-7-8-22-44(65-53(77)47(67-58(82)83-59(3,4)5)31-39-33-61-43-23-16-15-21-41(39)43)57(81)70(6)48(32-50(73)74)56(80)66-46(30-37-19-13-10-14-20-37)55(79)69-68-54(78)45(29-36-17-11-9-12-18-36)64-49(72)34-62-51(75)35(2)63-52(76)42(60)28-38-24-26-40(71)27-25-38;3-2(4,5)1(6)7/h9-21,23-27,33,35,42,44-48,61,71H,7-8,22,28-32,34,60H2,1-6H3,(H,62,75)(H,63,76)(H,64,72)(H,65,77)(H,66,80)(H,67,82)(H,68,78)(H,69,79)(H,73,74);(H,6,7)/t35-,42+,44+,45+,46+,47-,48+;/m1./s1. The number of hydrazine groups is 1. The fourth-order valence-corrected chi connectivity index (χ4v) is 8.70. The SMILES string of the molecule is CCCC[C@H](NC(=O)[C@@H](Cc1c[nH]c2ccccc12)NC(=O)OC(C)(C)C)C(=O)N(C)[C@@H](CC(=O)O)C(=O)N[C@@H](Cc1ccccc1)C(=O)NNC(=O)[C@H](Cc1ccccc1)NC(=O)CNC(=O)[C@@H](C)NC(=O)[C@@H](N)Cc1ccc(O)cc1.O=C(O)C(F)(F)F. The molecule has 1 aromatic heterocycles. The summed E-state index contributed by atoms with van der Waals surface area (Å²) in [5.41, 5.74) is 13.0. The Morgan fingerprint density at radius 1 is 0.622 bits per heavy atom. The van der Waals surface area contributed by atoms with Crippen LogP contribution in [0.5, 0.6) is 5.75 Å². The third-order valence-electron chi connectivity index (χ3n) is 13.4. The number of unbranched alkanes of at least 4 members (excludes halogenated alkanes) is 1. The van der Waals surface area contributed by atoms with Crippen LogP contribution in [0.4, 0.5) is 18.0 Å². The summed E-state index contributed by atoms with van der Waals surface area (Å²) in [7, 11) is 1.19. The number of aromatic amines is 1. The minimum Gasteiger partial charge on any atom is -0.508 e. The number of alkyl carbamates (subject to hydrolysis) is 1. The van der Waals surface area contributed by atoms with E-state index < -0.39 is 132 Å². The van der Waals surface area contributed by atoms with Gasteiger partial charge < -0.3 is 67.6 Å². The molecule has 0 unspecified atom stereocenters. The number of H-pyrrole nitrogens is 1. The average Bonchev–Trinajstić information content (AvgIpc) is 1.66. The number of halogens is 3. The van der Waals surface area contributed by atoms with Crippen LogP contribution in [0.15, 0.2) is 115 Å². The maximum atomic E-state index is 14.5. The number of aliphatic carboxylic acids is 2. The van der Waals surface area contributed by atoms with Gasteiger partial charge in [-0.1, -0.05) is 111 Å². The third kappa shape index (κ3) is 24.6. The van der Waals surface area contributed by atoms with E-state index in [4.69, 9.17) is 20.4 Å². The third-order valence-corrected chi connectivity index (χ3v) is 13.4. The molecule has 14 N–H and O–H groups in total. The van der Waals surface area contributed by atoms with Gasteiger partial charge in [0.15, 0.2) is 0 Å². The maximum Gasteiger partial charge on any atom is 0.490 e. The number of carbonyl (C=O) groups is 11. The number of amides is 9. The monoisotopic (exact) mass is 1260 g/mol. The summed E-state index contributed by atoms with van der Waals surface area (Å²) in [6.45, 7) is 7.58. The molecule has 0 aliphatic carbocycles. The van der Waals surface area contributed by atoms with Crippen molar-refractivity contribution >= 4 is 76.2 Å². The minimum atomic E-state index is -5.08. The number of para-hydroxylation sites is 1. The smallest absolute Gasteiger partial charge is 0.490 e. The van der Waals surface area contributed by atoms with Crippen LogP contribution >= 0.6 is 0 Å². The molecule has 5 aromatic rings. The number of nitrogens with zero attached hydrogens (tertiary/aromatic N) is 1. The quantitative estimate of drug-likeness (QED) is 0.0320. The molecule has 0 fully saturated rings. The fraction of sp³-hybridized carbons (Fsp3) is 0.393. The van der Waals surface area contributed by atoms with E-state index in [1.807, 2.05) is 31.2 Å². The Morgan fingerprint density at radius 3 is 1.67 bits per heavy atom. The number of phenols is 1. The number of likely N-dealkylation sites (N-methyl/N-ethyl adjacent to an activating group) is 1. The van der Waals surface area contributed by atoms with Gasteiger partial charge in [-0.25, -0.2) is 9.59 Å². The Kier molecular flexibility index (Phi) is 27.7. The number of ether oxygens (including phenoxy) is 1. The second-order valence-electron chi connectivity index (χ2n) is 21.8. The van der Waals surface area contributed by atoms with Crippen molar-refractivity contribution in [2.75, 3.05) is 13.6 Å². The molecule has 90 heavy (non-hydrogen) atoms. The van der Waals surface area contributed by atoms with Crippen LogP contribution in [-0.4, -0.2) is 158 Å². The van der Waals surface area contributed by atoms with Gasteiger partial charge in [0.2, 0.25) is 35.4 Å². The molecule has 0 aliphatic rings. The van der Waals surface area contributed by atoms with Crippen molar-refractivity contribution in [3.8, 4) is 5.75 Å². The lowest BCUT2D eigenvalue weighted by molar-refractivity contribution is -0.192. The van der Waals surface area contributed by atoms with E-state index in [1.54, 1.807) is 99.8 Å². The molecule has 0 saturated heterocycles. The lowest BCUT2D eigenvalue weighted by atomic mass is 10.0. The topological polar surface area (TPSA) is 399 Å². The Bertz CT molecular complexity index is 3270. The molecule has 0 spiro atoms. The van der Waals surface area contributed by atoms with Gasteiger partial charge in [-0.3, -0.25) is 54.0 Å². The zero-order valence-electron chi connectivity index (χ0n) is 50.3. The second kappa shape index (κ2) is 34.5. The van der Waals surface area contributed by atoms with E-state index in [-0.39, 0.29) is 37.9 Å². The van der Waals surface area contributed by atoms with Crippen molar-refractivity contribution < 1.29 is 86.0 Å². The van der Waals surface area contributed by atoms with Crippen molar-refractivity contribution in [2.45, 2.75) is 140 Å². The van der Waals surface area contributed by atoms with E-state index in [1.165, 1.54) is 26.1 Å². The predicted molar refractivity (Wildman–Crippen MR) is 320 cm³/mol. The Hall–Kier alpha value is -10.1. The van der Waals surface area contributed by atoms with Crippen molar-refractivity contribution in [2.24, 2.45) is 5.73 Å². The molecular formula is C61H76F3N11O15. The van der Waals surface area contributed by atoms with E-state index in [0.717, 1.165) is 15.8 Å². The van der Waals surface area contributed by atoms with Crippen LogP contribution in [-0.2, 0) is 78.4 Å². The van der Waals surface area contributed by atoms with Crippen molar-refractivity contribution in [3.05, 3.63) is 138 Å². The highest BCUT2D eigenvalue weighted by Crippen LogP contribution is 2.21. The first-order valence-electron chi connectivity index (χ1n) is 28.4. The van der Waals surface area contributed by atoms with Crippen molar-refractivity contribution in [3.63, 3.8) is 0 Å². The molecule has 0 saturated carbocycles. The number of carbonyl (C=O) groups excluding carboxylic acids is 9. The summed E-state index contributed by atoms with van der Waals surface area (Å²) in [4.78, 5) is 149. The number of nitrogens with two attached hydrogens (primary N) is 1. The summed E-state index contributed by atoms with van der Waals surface area (Å²) in [5.74, 6) is -11.0. The first-order chi connectivity index (χ1) is 42.3. The lowest BCUT2D eigenvalue weighted by Crippen LogP contribution is -2.61. The molecule has 1 heterocycles. The predicted octanol–water partition coefficient (Wildman–Crippen LogP) is 2.71. The van der Waals surface area contributed by atoms with Gasteiger partial charge in [0, 0.05) is 43.4 Å². The van der Waals surface area contributed by atoms with Gasteiger partial charge in [0.25, 0.3) is 11.8 Å². The van der Waals surface area contributed by atoms with Gasteiger partial charge in [-0.2, -0.15) is 13.2 Å². The molecule has 4 aromatic carbocycles. The molecular weight excluding hydrogens is 1180 g/mol. The number of nitrogens with one attached hydrogen (secondary N) is 9. The number of carboxylic acid groups (broad SMARTS) is 2. The van der Waals surface area contributed by atoms with Crippen LogP contribution in [0.2, 0.25) is 0 Å². The first-order valence-corrected chi connectivity index (χ1v) is 28.4. The number of rotatable bonds is 28. The van der Waals surface area contributed by atoms with Gasteiger partial charge in [0.05, 0.1) is 19.0 Å². The Balaban J connectivity index is 0.00000233. The van der Waals surface area contributed by atoms with Crippen LogP contribution in [0.1, 0.15) is 82.6 Å². The highest BCUT2D eigenvalue weighted by atomic mass is 19.4. The normalized spacial score (nSPS) is 13.5. The van der Waals surface area contributed by atoms with Gasteiger partial charge in [0.1, 0.15) is 47.6 Å². The summed E-state index contributed by atoms with van der Waals surface area (Å²) in [6, 6.07) is 21.0. The molecule has 0 radical (unpaired) electrons. The minimum absolute atomic E-state index is 0.0256. The number of fused-ring (bicyclic) bond motifs is 1. The van der Waals surface area contributed by atoms with Crippen LogP contribution < -0.4 is 48.5 Å². The number of hydrogen-bond donors (Lipinski definition) is 13. The summed E-state index contributed by atoms with van der Waals surface area (Å²) in [5, 5.41) is 42.9. The number of phenolic OH excluding ortho intramolecular Hbond substituents is 1. The highest BCUT2D eigenvalue weighted by molar-refractivity contribution is 5.98. The number of hydrogen-bond acceptors (Lipinski definition) is 14. The maximum absolute atomic E-state index is 14.5. The van der Waals surface area contributed by atoms with Crippen molar-refractivity contribution in [1.29, 1.82) is 0 Å². The molecule has 26 nitrogen and oxygen atoms in total. The summed E-state index contributed by atoms with van der Waals surface area (Å²) >= 11 is 0. The van der Waals surface area contributed by atoms with Gasteiger partial charge in [-0.05, 0) is 81.0 Å². The highest BCUT2D eigenvalue weighted by Gasteiger charge is 2.39. The molecule has 0 bridgehead atoms. The summed E-state index contributed by atoms with van der Waals surface area (Å²) < 4.78 is 37.2. The van der Waals surface area contributed by atoms with E-state index in [9.17, 15) is 71.3 Å². The van der Waals surface area contributed by atoms with E-state index >= 15 is 0 Å². The van der Waals surface area contributed by atoms with Crippen LogP contribution in [0.25, 0.3) is 10.9 Å². The average molecular weight is 1260 g/mol. The Morgan fingerprint density at radius 2 is 1.13 bits per heavy atom. The van der Waals surface area contributed by atoms with Crippen LogP contribution in [0, 0.1) is 0 Å². The zero-order valence-corrected chi connectivity index (χ0v) is 50.3. The first kappa shape index (κ1) is 72.4. The van der Waals surface area contributed by atoms with Gasteiger partial charge >= 0.3 is 24.2 Å². The second-order valence-corrected chi connectivity index (χ2v) is 21.8. The largest absolute Gasteiger partial charge is 0.508 e. The number of benzene rings is 4. The summed E-state index contributed by atoms with van der Waals surface area (Å²) in [6.07, 6.45) is -4.38. The number of carboxylic acids is 2. The molecule has 5 rings (SSSR count). The molecule has 9 amide bonds. The number of aromatic nitrogens is 1. The van der Waals surface area contributed by atoms with Crippen LogP contribution in [0.3, 0.4) is 0 Å². The van der Waals surface area contributed by atoms with E-state index in [2.05, 4.69) is 47.7 Å². The fourth-order valence-electron chi connectivity index (χ4n) is 8.70. The van der Waals surface area contributed by atoms with E-state index in [0.29, 0.717) is 35.1 Å². The van der Waals surface area contributed by atoms with Gasteiger partial charge in [-0.15, -0.1) is 0 Å². The number of aromatic hydroxyl groups is 1. The molecule has 7 atom stereocenters. The zero-order chi connectivity index (χ0) is 66.9. The molecule has 29 heteroatoms. The molecule has 486 valence electrons. The lowest BCUT2D eigenvalue weighted by Gasteiger charge is -2.32.